The molecule has 5 rings (SSSR count). The van der Waals surface area contributed by atoms with Crippen LogP contribution in [-0.4, -0.2) is 30.3 Å². The molecule has 0 amide bonds. The summed E-state index contributed by atoms with van der Waals surface area (Å²) in [6.07, 6.45) is 3.87. The summed E-state index contributed by atoms with van der Waals surface area (Å²) in [4.78, 5) is 30.1. The molecule has 200 valence electrons. The summed E-state index contributed by atoms with van der Waals surface area (Å²) in [5, 5.41) is 0.380. The maximum Gasteiger partial charge on any atom is 0.205 e. The lowest BCUT2D eigenvalue weighted by Gasteiger charge is -2.23. The summed E-state index contributed by atoms with van der Waals surface area (Å²) in [6.45, 7) is 9.56. The first-order chi connectivity index (χ1) is 19.5. The topological polar surface area (TPSA) is 88.3 Å². The molecule has 0 saturated carbocycles. The fraction of sp³-hybridized carbons (Fsp3) is 0.161. The number of benzene rings is 3. The van der Waals surface area contributed by atoms with Crippen LogP contribution >= 0.6 is 11.6 Å². The van der Waals surface area contributed by atoms with E-state index in [-0.39, 0.29) is 19.8 Å². The molecular weight excluding hydrogens is 532 g/mol. The zero-order valence-corrected chi connectivity index (χ0v) is 22.2. The number of ether oxygens (including phenoxy) is 4. The predicted molar refractivity (Wildman–Crippen MR) is 149 cm³/mol. The van der Waals surface area contributed by atoms with Gasteiger partial charge in [0, 0.05) is 23.0 Å². The van der Waals surface area contributed by atoms with E-state index in [9.17, 15) is 9.59 Å². The van der Waals surface area contributed by atoms with E-state index in [4.69, 9.17) is 37.1 Å². The molecule has 40 heavy (non-hydrogen) atoms. The zero-order chi connectivity index (χ0) is 28.1. The highest BCUT2D eigenvalue weighted by Crippen LogP contribution is 2.37. The summed E-state index contributed by atoms with van der Waals surface area (Å²) < 4.78 is 23.2. The molecule has 0 spiro atoms. The number of hydrogen-bond acceptors (Lipinski definition) is 7. The highest BCUT2D eigenvalue weighted by atomic mass is 35.5. The summed E-state index contributed by atoms with van der Waals surface area (Å²) in [7, 11) is 0. The highest BCUT2D eigenvalue weighted by Gasteiger charge is 2.21. The van der Waals surface area contributed by atoms with E-state index in [0.29, 0.717) is 56.7 Å². The lowest BCUT2D eigenvalue weighted by molar-refractivity contribution is -0.115. The number of nitrogens with zero attached hydrogens (tertiary/aromatic N) is 2. The SMILES string of the molecule is [C-]#[N+]c1cncc(COc2cc(COc3ccc(-c4ccc5c(c4)OC(C=O)CO5)cc3C)c(Cl)cc2C=O)c1. The van der Waals surface area contributed by atoms with Crippen LogP contribution in [0.5, 0.6) is 23.0 Å². The van der Waals surface area contributed by atoms with Gasteiger partial charge in [0.2, 0.25) is 5.69 Å². The average Bonchev–Trinajstić information content (AvgIpc) is 2.99. The van der Waals surface area contributed by atoms with Crippen LogP contribution < -0.4 is 18.9 Å². The maximum absolute atomic E-state index is 11.6. The molecule has 0 fully saturated rings. The Kier molecular flexibility index (Phi) is 7.94. The molecule has 9 heteroatoms. The Morgan fingerprint density at radius 1 is 1.00 bits per heavy atom. The Labute approximate surface area is 235 Å². The van der Waals surface area contributed by atoms with Crippen LogP contribution in [0.1, 0.15) is 27.0 Å². The Bertz CT molecular complexity index is 1630. The highest BCUT2D eigenvalue weighted by molar-refractivity contribution is 6.31. The standard InChI is InChI=1S/C31H23ClN2O6/c1-19-7-21(22-4-6-29-31(10-22)40-26(15-36)18-39-29)3-5-28(19)38-17-24-11-30(23(14-35)9-27(24)32)37-16-20-8-25(33-2)13-34-12-20/h3-15,26H,16-18H2,1H3. The Balaban J connectivity index is 1.30. The van der Waals surface area contributed by atoms with Crippen LogP contribution in [0, 0.1) is 13.5 Å². The van der Waals surface area contributed by atoms with E-state index in [0.717, 1.165) is 23.0 Å². The van der Waals surface area contributed by atoms with E-state index in [2.05, 4.69) is 9.83 Å². The van der Waals surface area contributed by atoms with Gasteiger partial charge in [-0.25, -0.2) is 4.85 Å². The van der Waals surface area contributed by atoms with Crippen molar-refractivity contribution in [2.24, 2.45) is 0 Å². The van der Waals surface area contributed by atoms with Crippen molar-refractivity contribution >= 4 is 29.9 Å². The van der Waals surface area contributed by atoms with Crippen molar-refractivity contribution in [3.05, 3.63) is 106 Å². The number of rotatable bonds is 9. The third-order valence-electron chi connectivity index (χ3n) is 6.28. The molecule has 2 heterocycles. The lowest BCUT2D eigenvalue weighted by Crippen LogP contribution is -2.30. The third kappa shape index (κ3) is 5.90. The summed E-state index contributed by atoms with van der Waals surface area (Å²) in [6, 6.07) is 16.3. The number of aromatic nitrogens is 1. The van der Waals surface area contributed by atoms with Gasteiger partial charge in [-0.3, -0.25) is 14.6 Å². The smallest absolute Gasteiger partial charge is 0.205 e. The second kappa shape index (κ2) is 11.9. The lowest BCUT2D eigenvalue weighted by atomic mass is 10.0. The fourth-order valence-electron chi connectivity index (χ4n) is 4.20. The molecule has 0 radical (unpaired) electrons. The summed E-state index contributed by atoms with van der Waals surface area (Å²) in [5.74, 6) is 2.16. The molecule has 1 aliphatic heterocycles. The van der Waals surface area contributed by atoms with E-state index in [1.54, 1.807) is 24.4 Å². The van der Waals surface area contributed by atoms with Crippen molar-refractivity contribution in [2.45, 2.75) is 26.2 Å². The number of carbonyl (C=O) groups is 2. The molecule has 0 N–H and O–H groups in total. The normalized spacial score (nSPS) is 13.7. The first kappa shape index (κ1) is 26.7. The van der Waals surface area contributed by atoms with Crippen LogP contribution in [0.4, 0.5) is 5.69 Å². The van der Waals surface area contributed by atoms with Crippen molar-refractivity contribution in [3.63, 3.8) is 0 Å². The minimum atomic E-state index is -0.619. The molecule has 0 saturated heterocycles. The molecule has 0 bridgehead atoms. The Morgan fingerprint density at radius 2 is 1.80 bits per heavy atom. The van der Waals surface area contributed by atoms with Crippen LogP contribution in [0.3, 0.4) is 0 Å². The van der Waals surface area contributed by atoms with Crippen molar-refractivity contribution in [2.75, 3.05) is 6.61 Å². The fourth-order valence-corrected chi connectivity index (χ4v) is 4.42. The molecule has 8 nitrogen and oxygen atoms in total. The van der Waals surface area contributed by atoms with Crippen molar-refractivity contribution in [3.8, 4) is 34.1 Å². The largest absolute Gasteiger partial charge is 0.489 e. The molecular formula is C31H23ClN2O6. The predicted octanol–water partition coefficient (Wildman–Crippen LogP) is 6.57. The monoisotopic (exact) mass is 554 g/mol. The van der Waals surface area contributed by atoms with Gasteiger partial charge in [-0.05, 0) is 71.6 Å². The second-order valence-corrected chi connectivity index (χ2v) is 9.49. The van der Waals surface area contributed by atoms with Gasteiger partial charge in [0.05, 0.1) is 12.1 Å². The average molecular weight is 555 g/mol. The molecule has 4 aromatic rings. The second-order valence-electron chi connectivity index (χ2n) is 9.09. The Hall–Kier alpha value is -4.87. The van der Waals surface area contributed by atoms with Crippen molar-refractivity contribution in [1.82, 2.24) is 4.98 Å². The summed E-state index contributed by atoms with van der Waals surface area (Å²) in [5.41, 5.74) is 4.83. The van der Waals surface area contributed by atoms with E-state index in [1.807, 2.05) is 43.3 Å². The quantitative estimate of drug-likeness (QED) is 0.171. The number of carbonyl (C=O) groups excluding carboxylic acids is 2. The van der Waals surface area contributed by atoms with Gasteiger partial charge in [0.15, 0.2) is 30.2 Å². The van der Waals surface area contributed by atoms with Crippen molar-refractivity contribution in [1.29, 1.82) is 0 Å². The Morgan fingerprint density at radius 3 is 2.58 bits per heavy atom. The summed E-state index contributed by atoms with van der Waals surface area (Å²) >= 11 is 6.45. The maximum atomic E-state index is 11.6. The first-order valence-electron chi connectivity index (χ1n) is 12.3. The van der Waals surface area contributed by atoms with Gasteiger partial charge in [-0.2, -0.15) is 0 Å². The minimum absolute atomic E-state index is 0.134. The number of halogens is 1. The van der Waals surface area contributed by atoms with Crippen LogP contribution in [0.25, 0.3) is 16.0 Å². The van der Waals surface area contributed by atoms with Crippen molar-refractivity contribution < 1.29 is 28.5 Å². The van der Waals surface area contributed by atoms with Gasteiger partial charge in [0.1, 0.15) is 31.3 Å². The van der Waals surface area contributed by atoms with Gasteiger partial charge in [0.25, 0.3) is 0 Å². The zero-order valence-electron chi connectivity index (χ0n) is 21.4. The van der Waals surface area contributed by atoms with E-state index < -0.39 is 6.10 Å². The molecule has 3 aromatic carbocycles. The number of hydrogen-bond donors (Lipinski definition) is 0. The number of pyridine rings is 1. The molecule has 1 atom stereocenters. The van der Waals surface area contributed by atoms with Gasteiger partial charge in [-0.15, -0.1) is 0 Å². The van der Waals surface area contributed by atoms with E-state index >= 15 is 0 Å². The number of aldehydes is 2. The first-order valence-corrected chi connectivity index (χ1v) is 12.7. The van der Waals surface area contributed by atoms with Gasteiger partial charge >= 0.3 is 0 Å². The van der Waals surface area contributed by atoms with Crippen LogP contribution in [0.15, 0.2) is 67.0 Å². The van der Waals surface area contributed by atoms with Crippen LogP contribution in [0.2, 0.25) is 5.02 Å². The third-order valence-corrected chi connectivity index (χ3v) is 6.63. The molecule has 1 aromatic heterocycles. The minimum Gasteiger partial charge on any atom is -0.489 e. The molecule has 1 aliphatic rings. The molecule has 1 unspecified atom stereocenters. The van der Waals surface area contributed by atoms with Gasteiger partial charge in [-0.1, -0.05) is 23.7 Å². The molecule has 0 aliphatic carbocycles. The van der Waals surface area contributed by atoms with E-state index in [1.165, 1.54) is 6.20 Å². The number of aryl methyl sites for hydroxylation is 1. The van der Waals surface area contributed by atoms with Gasteiger partial charge < -0.3 is 18.9 Å². The van der Waals surface area contributed by atoms with Crippen LogP contribution in [-0.2, 0) is 18.0 Å². The number of fused-ring (bicyclic) bond motifs is 1.